The third-order valence-electron chi connectivity index (χ3n) is 8.60. The fourth-order valence-corrected chi connectivity index (χ4v) is 7.40. The fourth-order valence-electron chi connectivity index (χ4n) is 6.27. The van der Waals surface area contributed by atoms with Crippen LogP contribution in [-0.4, -0.2) is 75.2 Å². The number of hydrogen-bond acceptors (Lipinski definition) is 10. The number of rotatable bonds is 13. The highest BCUT2D eigenvalue weighted by atomic mass is 32.2. The van der Waals surface area contributed by atoms with Crippen LogP contribution in [0.2, 0.25) is 0 Å². The number of likely N-dealkylation sites (N-methyl/N-ethyl adjacent to an activating group) is 1. The summed E-state index contributed by atoms with van der Waals surface area (Å²) in [5.41, 5.74) is 2.45. The molecule has 0 aromatic heterocycles. The number of benzene rings is 3. The maximum absolute atomic E-state index is 15.5. The molecule has 1 fully saturated rings. The summed E-state index contributed by atoms with van der Waals surface area (Å²) in [6, 6.07) is 8.79. The lowest BCUT2D eigenvalue weighted by Gasteiger charge is -2.43. The number of amides is 2. The predicted molar refractivity (Wildman–Crippen MR) is 174 cm³/mol. The summed E-state index contributed by atoms with van der Waals surface area (Å²) in [6.07, 6.45) is -0.998. The Morgan fingerprint density at radius 1 is 1.02 bits per heavy atom. The highest BCUT2D eigenvalue weighted by molar-refractivity contribution is 7.91. The predicted octanol–water partition coefficient (Wildman–Crippen LogP) is 4.09. The molecule has 0 bridgehead atoms. The van der Waals surface area contributed by atoms with Gasteiger partial charge < -0.3 is 25.6 Å². The van der Waals surface area contributed by atoms with Crippen LogP contribution < -0.4 is 21.1 Å². The summed E-state index contributed by atoms with van der Waals surface area (Å²) in [5, 5.41) is 16.0. The molecule has 1 aliphatic heterocycles. The SMILES string of the molecule is CCN1CC[C@H](C(=O)O)[C@]1(C(=O)[C@H](Nc1ccc(F)c(C(N)=O)c1)c1ccc(F)c(OC)c1)c1cc(NC(=O)OC)ccc1S(=O)(=O)CC. The van der Waals surface area contributed by atoms with E-state index in [1.54, 1.807) is 6.92 Å². The Balaban J connectivity index is 2.12. The van der Waals surface area contributed by atoms with Crippen molar-refractivity contribution in [3.05, 3.63) is 82.9 Å². The Bertz CT molecular complexity index is 1910. The average molecular weight is 703 g/mol. The van der Waals surface area contributed by atoms with Gasteiger partial charge in [-0.2, -0.15) is 0 Å². The number of carbonyl (C=O) groups is 4. The number of ether oxygens (including phenoxy) is 2. The summed E-state index contributed by atoms with van der Waals surface area (Å²) in [6.45, 7) is 3.16. The van der Waals surface area contributed by atoms with Crippen molar-refractivity contribution in [2.75, 3.05) is 43.7 Å². The first-order valence-corrected chi connectivity index (χ1v) is 16.7. The molecular formula is C33H36F2N4O9S. The number of likely N-dealkylation sites (tertiary alicyclic amines) is 1. The van der Waals surface area contributed by atoms with Gasteiger partial charge in [0, 0.05) is 23.5 Å². The molecule has 3 atom stereocenters. The van der Waals surface area contributed by atoms with Gasteiger partial charge in [-0.1, -0.05) is 19.9 Å². The van der Waals surface area contributed by atoms with Gasteiger partial charge in [-0.3, -0.25) is 24.6 Å². The number of sulfone groups is 1. The Morgan fingerprint density at radius 2 is 1.69 bits per heavy atom. The van der Waals surface area contributed by atoms with Gasteiger partial charge in [0.2, 0.25) is 0 Å². The molecule has 0 spiro atoms. The topological polar surface area (TPSA) is 194 Å². The van der Waals surface area contributed by atoms with E-state index in [4.69, 9.17) is 10.5 Å². The van der Waals surface area contributed by atoms with Crippen LogP contribution in [0.1, 0.15) is 47.8 Å². The zero-order valence-corrected chi connectivity index (χ0v) is 27.9. The lowest BCUT2D eigenvalue weighted by molar-refractivity contribution is -0.151. The average Bonchev–Trinajstić information content (AvgIpc) is 3.48. The van der Waals surface area contributed by atoms with Crippen LogP contribution in [0.15, 0.2) is 59.5 Å². The molecule has 0 saturated carbocycles. The summed E-state index contributed by atoms with van der Waals surface area (Å²) in [7, 11) is -1.84. The number of hydrogen-bond donors (Lipinski definition) is 4. The van der Waals surface area contributed by atoms with E-state index in [0.717, 1.165) is 25.3 Å². The normalized spacial score (nSPS) is 18.4. The Labute approximate surface area is 281 Å². The Kier molecular flexibility index (Phi) is 10.9. The van der Waals surface area contributed by atoms with Crippen molar-refractivity contribution in [1.82, 2.24) is 4.90 Å². The number of halogens is 2. The van der Waals surface area contributed by atoms with Crippen LogP contribution in [0.5, 0.6) is 5.75 Å². The molecule has 0 aliphatic carbocycles. The number of nitrogens with two attached hydrogens (primary N) is 1. The molecule has 4 rings (SSSR count). The number of carboxylic acid groups (broad SMARTS) is 1. The van der Waals surface area contributed by atoms with Gasteiger partial charge in [0.15, 0.2) is 27.2 Å². The van der Waals surface area contributed by atoms with E-state index in [-0.39, 0.29) is 52.7 Å². The van der Waals surface area contributed by atoms with Crippen molar-refractivity contribution in [3.8, 4) is 5.75 Å². The van der Waals surface area contributed by atoms with Crippen LogP contribution in [0, 0.1) is 17.6 Å². The molecular weight excluding hydrogens is 666 g/mol. The minimum absolute atomic E-state index is 0.00224. The lowest BCUT2D eigenvalue weighted by Crippen LogP contribution is -2.56. The standard InChI is InChI=1S/C33H36F2N4O9S/c1-5-39-14-13-22(31(42)43)33(39,23-17-20(38-32(44)48-4)9-12-27(23)49(45,46)6-2)29(40)28(18-7-10-25(35)26(15-18)47-3)37-19-8-11-24(34)21(16-19)30(36)41/h7-12,15-17,22,28,37H,5-6,13-14H2,1-4H3,(H2,36,41)(H,38,44)(H,42,43)/t22-,28-,33-/m1/s1. The molecule has 16 heteroatoms. The molecule has 49 heavy (non-hydrogen) atoms. The van der Waals surface area contributed by atoms with Gasteiger partial charge in [0.1, 0.15) is 17.4 Å². The van der Waals surface area contributed by atoms with Gasteiger partial charge in [0.25, 0.3) is 5.91 Å². The second-order valence-electron chi connectivity index (χ2n) is 11.2. The number of methoxy groups -OCH3 is 2. The van der Waals surface area contributed by atoms with Crippen molar-refractivity contribution < 1.29 is 51.0 Å². The minimum Gasteiger partial charge on any atom is -0.494 e. The number of aliphatic carboxylic acids is 1. The second kappa shape index (κ2) is 14.6. The van der Waals surface area contributed by atoms with Crippen LogP contribution in [0.3, 0.4) is 0 Å². The van der Waals surface area contributed by atoms with E-state index < -0.39 is 74.0 Å². The van der Waals surface area contributed by atoms with Crippen molar-refractivity contribution in [2.45, 2.75) is 36.7 Å². The van der Waals surface area contributed by atoms with E-state index in [1.165, 1.54) is 55.3 Å². The maximum Gasteiger partial charge on any atom is 0.411 e. The van der Waals surface area contributed by atoms with Gasteiger partial charge >= 0.3 is 12.1 Å². The highest BCUT2D eigenvalue weighted by Crippen LogP contribution is 2.50. The number of nitrogens with zero attached hydrogens (tertiary/aromatic N) is 1. The van der Waals surface area contributed by atoms with E-state index in [2.05, 4.69) is 15.4 Å². The third-order valence-corrected chi connectivity index (χ3v) is 10.4. The quantitative estimate of drug-likeness (QED) is 0.200. The number of primary amides is 1. The first-order chi connectivity index (χ1) is 23.2. The Morgan fingerprint density at radius 3 is 2.29 bits per heavy atom. The van der Waals surface area contributed by atoms with Crippen LogP contribution in [0.4, 0.5) is 25.0 Å². The van der Waals surface area contributed by atoms with E-state index >= 15 is 4.79 Å². The van der Waals surface area contributed by atoms with Gasteiger partial charge in [-0.05, 0) is 67.1 Å². The Hall–Kier alpha value is -5.09. The number of ketones is 1. The second-order valence-corrected chi connectivity index (χ2v) is 13.4. The maximum atomic E-state index is 15.5. The zero-order chi connectivity index (χ0) is 36.3. The molecule has 262 valence electrons. The van der Waals surface area contributed by atoms with Crippen molar-refractivity contribution in [2.24, 2.45) is 11.7 Å². The molecule has 5 N–H and O–H groups in total. The molecule has 0 unspecified atom stereocenters. The third kappa shape index (κ3) is 6.91. The summed E-state index contributed by atoms with van der Waals surface area (Å²) in [5.74, 6) is -7.35. The lowest BCUT2D eigenvalue weighted by atomic mass is 9.72. The van der Waals surface area contributed by atoms with Gasteiger partial charge in [-0.25, -0.2) is 22.0 Å². The van der Waals surface area contributed by atoms with E-state index in [0.29, 0.717) is 0 Å². The number of Topliss-reactive ketones (excluding diaryl/α,β-unsaturated/α-hetero) is 1. The molecule has 2 amide bonds. The van der Waals surface area contributed by atoms with E-state index in [9.17, 15) is 36.7 Å². The van der Waals surface area contributed by atoms with Gasteiger partial charge in [0.05, 0.1) is 36.3 Å². The van der Waals surface area contributed by atoms with Gasteiger partial charge in [-0.15, -0.1) is 0 Å². The van der Waals surface area contributed by atoms with Crippen molar-refractivity contribution in [1.29, 1.82) is 0 Å². The first kappa shape index (κ1) is 36.7. The first-order valence-electron chi connectivity index (χ1n) is 15.1. The molecule has 1 aliphatic rings. The largest absolute Gasteiger partial charge is 0.494 e. The number of nitrogens with one attached hydrogen (secondary N) is 2. The molecule has 1 saturated heterocycles. The minimum atomic E-state index is -4.15. The number of carboxylic acids is 1. The van der Waals surface area contributed by atoms with Crippen molar-refractivity contribution in [3.63, 3.8) is 0 Å². The molecule has 3 aromatic rings. The molecule has 0 radical (unpaired) electrons. The number of anilines is 2. The van der Waals surface area contributed by atoms with Crippen LogP contribution in [-0.2, 0) is 29.7 Å². The zero-order valence-electron chi connectivity index (χ0n) is 27.1. The highest BCUT2D eigenvalue weighted by Gasteiger charge is 2.61. The molecule has 13 nitrogen and oxygen atoms in total. The van der Waals surface area contributed by atoms with Crippen molar-refractivity contribution >= 4 is 45.0 Å². The molecule has 3 aromatic carbocycles. The smallest absolute Gasteiger partial charge is 0.411 e. The van der Waals surface area contributed by atoms with Crippen LogP contribution >= 0.6 is 0 Å². The van der Waals surface area contributed by atoms with Crippen LogP contribution in [0.25, 0.3) is 0 Å². The number of carbonyl (C=O) groups excluding carboxylic acids is 3. The molecule has 1 heterocycles. The monoisotopic (exact) mass is 702 g/mol. The summed E-state index contributed by atoms with van der Waals surface area (Å²) < 4.78 is 66.3. The summed E-state index contributed by atoms with van der Waals surface area (Å²) >= 11 is 0. The summed E-state index contributed by atoms with van der Waals surface area (Å²) in [4.78, 5) is 54.0. The van der Waals surface area contributed by atoms with E-state index in [1.807, 2.05) is 0 Å². The fraction of sp³-hybridized carbons (Fsp3) is 0.333.